The van der Waals surface area contributed by atoms with Crippen molar-refractivity contribution in [2.24, 2.45) is 0 Å². The number of thioether (sulfide) groups is 1. The number of amides is 2. The highest BCUT2D eigenvalue weighted by atomic mass is 35.5. The second-order valence-corrected chi connectivity index (χ2v) is 9.93. The lowest BCUT2D eigenvalue weighted by Gasteiger charge is -2.16. The molecule has 1 fully saturated rings. The molecule has 3 aromatic rings. The van der Waals surface area contributed by atoms with Gasteiger partial charge in [0.25, 0.3) is 11.8 Å². The number of thiocarbonyl (C=S) groups is 1. The lowest BCUT2D eigenvalue weighted by Crippen LogP contribution is -2.44. The van der Waals surface area contributed by atoms with Gasteiger partial charge in [-0.15, -0.1) is 0 Å². The van der Waals surface area contributed by atoms with Crippen molar-refractivity contribution in [3.05, 3.63) is 98.9 Å². The SMILES string of the molecule is CCOc1cc(/C=C2\SC(=S)N(NC(=O)c3ccccc3Cl)C2=O)ccc1OCc1ccc(C)cc1. The van der Waals surface area contributed by atoms with Crippen LogP contribution in [0.5, 0.6) is 11.5 Å². The molecule has 36 heavy (non-hydrogen) atoms. The summed E-state index contributed by atoms with van der Waals surface area (Å²) in [6.45, 7) is 4.80. The second kappa shape index (κ2) is 11.6. The second-order valence-electron chi connectivity index (χ2n) is 7.85. The van der Waals surface area contributed by atoms with Crippen LogP contribution in [0.4, 0.5) is 0 Å². The van der Waals surface area contributed by atoms with E-state index in [1.54, 1.807) is 30.3 Å². The normalized spacial score (nSPS) is 14.3. The molecule has 6 nitrogen and oxygen atoms in total. The van der Waals surface area contributed by atoms with E-state index >= 15 is 0 Å². The van der Waals surface area contributed by atoms with Crippen molar-refractivity contribution in [2.75, 3.05) is 6.61 Å². The van der Waals surface area contributed by atoms with Gasteiger partial charge in [-0.25, -0.2) is 0 Å². The number of benzene rings is 3. The highest BCUT2D eigenvalue weighted by Gasteiger charge is 2.34. The van der Waals surface area contributed by atoms with Gasteiger partial charge in [-0.1, -0.05) is 71.4 Å². The molecular weight excluding hydrogens is 516 g/mol. The fraction of sp³-hybridized carbons (Fsp3) is 0.148. The van der Waals surface area contributed by atoms with Crippen molar-refractivity contribution in [3.63, 3.8) is 0 Å². The number of halogens is 1. The van der Waals surface area contributed by atoms with Crippen molar-refractivity contribution in [2.45, 2.75) is 20.5 Å². The van der Waals surface area contributed by atoms with Crippen LogP contribution in [0.3, 0.4) is 0 Å². The Balaban J connectivity index is 1.49. The summed E-state index contributed by atoms with van der Waals surface area (Å²) in [5.41, 5.74) is 5.76. The Morgan fingerprint density at radius 2 is 1.83 bits per heavy atom. The largest absolute Gasteiger partial charge is 0.490 e. The third-order valence-electron chi connectivity index (χ3n) is 5.21. The first-order valence-electron chi connectivity index (χ1n) is 11.1. The van der Waals surface area contributed by atoms with Crippen LogP contribution in [-0.2, 0) is 11.4 Å². The predicted octanol–water partition coefficient (Wildman–Crippen LogP) is 6.17. The average Bonchev–Trinajstić information content (AvgIpc) is 3.12. The molecule has 0 unspecified atom stereocenters. The maximum atomic E-state index is 13.0. The Labute approximate surface area is 224 Å². The third-order valence-corrected chi connectivity index (χ3v) is 6.84. The molecule has 3 aromatic carbocycles. The first kappa shape index (κ1) is 25.8. The lowest BCUT2D eigenvalue weighted by molar-refractivity contribution is -0.123. The molecule has 0 aliphatic carbocycles. The minimum Gasteiger partial charge on any atom is -0.490 e. The number of nitrogens with zero attached hydrogens (tertiary/aromatic N) is 1. The molecule has 9 heteroatoms. The van der Waals surface area contributed by atoms with E-state index in [1.807, 2.05) is 56.3 Å². The number of carbonyl (C=O) groups is 2. The zero-order valence-electron chi connectivity index (χ0n) is 19.6. The Morgan fingerprint density at radius 3 is 2.56 bits per heavy atom. The molecule has 1 aliphatic heterocycles. The summed E-state index contributed by atoms with van der Waals surface area (Å²) in [5.74, 6) is 0.227. The van der Waals surface area contributed by atoms with E-state index in [9.17, 15) is 9.59 Å². The quantitative estimate of drug-likeness (QED) is 0.273. The highest BCUT2D eigenvalue weighted by Crippen LogP contribution is 2.34. The summed E-state index contributed by atoms with van der Waals surface area (Å²) in [6.07, 6.45) is 1.70. The standard InChI is InChI=1S/C27H23ClN2O4S2/c1-3-33-23-14-19(12-13-22(23)34-16-18-10-8-17(2)9-11-18)15-24-26(32)30(27(35)36-24)29-25(31)20-6-4-5-7-21(20)28/h4-15H,3,16H2,1-2H3,(H,29,31)/b24-15-. The molecule has 1 heterocycles. The van der Waals surface area contributed by atoms with Gasteiger partial charge in [-0.05, 0) is 67.5 Å². The van der Waals surface area contributed by atoms with Crippen molar-refractivity contribution >= 4 is 57.8 Å². The van der Waals surface area contributed by atoms with Gasteiger partial charge < -0.3 is 9.47 Å². The van der Waals surface area contributed by atoms with Crippen LogP contribution in [0.2, 0.25) is 5.02 Å². The van der Waals surface area contributed by atoms with E-state index < -0.39 is 11.8 Å². The van der Waals surface area contributed by atoms with Crippen molar-refractivity contribution in [1.29, 1.82) is 0 Å². The van der Waals surface area contributed by atoms with Gasteiger partial charge in [0.05, 0.1) is 22.1 Å². The van der Waals surface area contributed by atoms with E-state index in [0.717, 1.165) is 27.9 Å². The van der Waals surface area contributed by atoms with Crippen LogP contribution in [0.1, 0.15) is 34.0 Å². The van der Waals surface area contributed by atoms with Gasteiger partial charge in [0.2, 0.25) is 0 Å². The highest BCUT2D eigenvalue weighted by molar-refractivity contribution is 8.26. The number of hydrogen-bond acceptors (Lipinski definition) is 6. The van der Waals surface area contributed by atoms with Crippen molar-refractivity contribution in [3.8, 4) is 11.5 Å². The molecule has 0 bridgehead atoms. The van der Waals surface area contributed by atoms with Gasteiger partial charge in [-0.3, -0.25) is 15.0 Å². The Bertz CT molecular complexity index is 1340. The first-order valence-corrected chi connectivity index (χ1v) is 12.7. The number of hydrazine groups is 1. The number of aryl methyl sites for hydroxylation is 1. The number of carbonyl (C=O) groups excluding carboxylic acids is 2. The van der Waals surface area contributed by atoms with Gasteiger partial charge in [0, 0.05) is 0 Å². The van der Waals surface area contributed by atoms with E-state index in [1.165, 1.54) is 5.56 Å². The summed E-state index contributed by atoms with van der Waals surface area (Å²) in [6, 6.07) is 20.2. The van der Waals surface area contributed by atoms with Crippen molar-refractivity contribution < 1.29 is 19.1 Å². The number of rotatable bonds is 8. The molecule has 0 aromatic heterocycles. The zero-order chi connectivity index (χ0) is 25.7. The van der Waals surface area contributed by atoms with Crippen molar-refractivity contribution in [1.82, 2.24) is 10.4 Å². The van der Waals surface area contributed by atoms with E-state index in [2.05, 4.69) is 5.43 Å². The molecular formula is C27H23ClN2O4S2. The smallest absolute Gasteiger partial charge is 0.285 e. The predicted molar refractivity (Wildman–Crippen MR) is 147 cm³/mol. The third kappa shape index (κ3) is 6.07. The number of nitrogens with one attached hydrogen (secondary N) is 1. The fourth-order valence-electron chi connectivity index (χ4n) is 3.37. The van der Waals surface area contributed by atoms with E-state index in [0.29, 0.717) is 29.6 Å². The fourth-order valence-corrected chi connectivity index (χ4v) is 4.77. The van der Waals surface area contributed by atoms with Gasteiger partial charge in [-0.2, -0.15) is 5.01 Å². The molecule has 0 atom stereocenters. The Hall–Kier alpha value is -3.33. The summed E-state index contributed by atoms with van der Waals surface area (Å²) in [7, 11) is 0. The molecule has 1 saturated heterocycles. The summed E-state index contributed by atoms with van der Waals surface area (Å²) in [4.78, 5) is 26.0. The summed E-state index contributed by atoms with van der Waals surface area (Å²) < 4.78 is 12.0. The van der Waals surface area contributed by atoms with Crippen LogP contribution in [-0.4, -0.2) is 27.8 Å². The number of ether oxygens (including phenoxy) is 2. The van der Waals surface area contributed by atoms with Gasteiger partial charge in [0.15, 0.2) is 15.8 Å². The van der Waals surface area contributed by atoms with Crippen LogP contribution in [0, 0.1) is 6.92 Å². The molecule has 0 saturated carbocycles. The molecule has 4 rings (SSSR count). The minimum absolute atomic E-state index is 0.217. The first-order chi connectivity index (χ1) is 17.4. The molecule has 1 N–H and O–H groups in total. The lowest BCUT2D eigenvalue weighted by atomic mass is 10.1. The Morgan fingerprint density at radius 1 is 1.08 bits per heavy atom. The minimum atomic E-state index is -0.521. The van der Waals surface area contributed by atoms with Crippen LogP contribution >= 0.6 is 35.6 Å². The van der Waals surface area contributed by atoms with Gasteiger partial charge in [0.1, 0.15) is 6.61 Å². The van der Waals surface area contributed by atoms with Crippen LogP contribution in [0.25, 0.3) is 6.08 Å². The van der Waals surface area contributed by atoms with Gasteiger partial charge >= 0.3 is 0 Å². The maximum Gasteiger partial charge on any atom is 0.285 e. The molecule has 0 spiro atoms. The maximum absolute atomic E-state index is 13.0. The monoisotopic (exact) mass is 538 g/mol. The van der Waals surface area contributed by atoms with Crippen LogP contribution < -0.4 is 14.9 Å². The summed E-state index contributed by atoms with van der Waals surface area (Å²) >= 11 is 12.5. The zero-order valence-corrected chi connectivity index (χ0v) is 22.0. The number of hydrogen-bond donors (Lipinski definition) is 1. The van der Waals surface area contributed by atoms with Crippen LogP contribution in [0.15, 0.2) is 71.6 Å². The average molecular weight is 539 g/mol. The van der Waals surface area contributed by atoms with E-state index in [-0.39, 0.29) is 14.9 Å². The molecule has 0 radical (unpaired) electrons. The topological polar surface area (TPSA) is 67.9 Å². The molecule has 2 amide bonds. The summed E-state index contributed by atoms with van der Waals surface area (Å²) in [5, 5.41) is 1.34. The van der Waals surface area contributed by atoms with E-state index in [4.69, 9.17) is 33.3 Å². The molecule has 1 aliphatic rings. The molecule has 184 valence electrons. The Kier molecular flexibility index (Phi) is 8.30.